The predicted octanol–water partition coefficient (Wildman–Crippen LogP) is 3.83. The van der Waals surface area contributed by atoms with Crippen LogP contribution in [0.5, 0.6) is 0 Å². The summed E-state index contributed by atoms with van der Waals surface area (Å²) in [5, 5.41) is 8.54. The van der Waals surface area contributed by atoms with Crippen molar-refractivity contribution in [3.8, 4) is 0 Å². The van der Waals surface area contributed by atoms with E-state index in [-0.39, 0.29) is 0 Å². The summed E-state index contributed by atoms with van der Waals surface area (Å²) in [6.45, 7) is 5.11. The lowest BCUT2D eigenvalue weighted by atomic mass is 10.2. The van der Waals surface area contributed by atoms with Crippen molar-refractivity contribution in [2.75, 3.05) is 11.9 Å². The molecule has 0 unspecified atom stereocenters. The highest BCUT2D eigenvalue weighted by Gasteiger charge is 2.07. The van der Waals surface area contributed by atoms with E-state index >= 15 is 0 Å². The first-order chi connectivity index (χ1) is 9.08. The number of hydrogen-bond donors (Lipinski definition) is 2. The van der Waals surface area contributed by atoms with Crippen LogP contribution in [-0.4, -0.2) is 16.6 Å². The normalized spacial score (nSPS) is 10.7. The van der Waals surface area contributed by atoms with Gasteiger partial charge in [-0.2, -0.15) is 0 Å². The summed E-state index contributed by atoms with van der Waals surface area (Å²) in [5.74, 6) is 0.542. The van der Waals surface area contributed by atoms with Gasteiger partial charge in [0.1, 0.15) is 0 Å². The van der Waals surface area contributed by atoms with Gasteiger partial charge < -0.3 is 10.6 Å². The molecule has 1 heterocycles. The Morgan fingerprint density at radius 3 is 2.89 bits per heavy atom. The number of anilines is 1. The predicted molar refractivity (Wildman–Crippen MR) is 85.8 cm³/mol. The van der Waals surface area contributed by atoms with Gasteiger partial charge in [-0.25, -0.2) is 0 Å². The maximum Gasteiger partial charge on any atom is 0.170 e. The number of thiocarbonyl (C=S) groups is 1. The van der Waals surface area contributed by atoms with E-state index in [1.165, 1.54) is 0 Å². The summed E-state index contributed by atoms with van der Waals surface area (Å²) in [6.07, 6.45) is 1.74. The number of halogens is 1. The molecule has 0 aliphatic heterocycles. The van der Waals surface area contributed by atoms with Gasteiger partial charge in [-0.15, -0.1) is 0 Å². The molecule has 1 aromatic carbocycles. The van der Waals surface area contributed by atoms with Crippen molar-refractivity contribution >= 4 is 45.5 Å². The Balaban J connectivity index is 2.21. The number of benzene rings is 1. The Bertz CT molecular complexity index is 598. The van der Waals surface area contributed by atoms with Gasteiger partial charge in [-0.05, 0) is 42.4 Å². The lowest BCUT2D eigenvalue weighted by molar-refractivity contribution is 0.627. The molecule has 1 aromatic heterocycles. The van der Waals surface area contributed by atoms with Crippen LogP contribution in [0.4, 0.5) is 5.69 Å². The highest BCUT2D eigenvalue weighted by Crippen LogP contribution is 2.27. The monoisotopic (exact) mass is 293 g/mol. The molecule has 0 amide bonds. The van der Waals surface area contributed by atoms with E-state index < -0.39 is 0 Å². The summed E-state index contributed by atoms with van der Waals surface area (Å²) in [4.78, 5) is 4.36. The van der Waals surface area contributed by atoms with Gasteiger partial charge >= 0.3 is 0 Å². The zero-order valence-electron chi connectivity index (χ0n) is 10.9. The largest absolute Gasteiger partial charge is 0.362 e. The molecule has 0 aliphatic rings. The highest BCUT2D eigenvalue weighted by molar-refractivity contribution is 7.80. The lowest BCUT2D eigenvalue weighted by Crippen LogP contribution is -2.31. The van der Waals surface area contributed by atoms with Gasteiger partial charge in [0.15, 0.2) is 5.11 Å². The number of rotatable bonds is 3. The minimum atomic E-state index is 0.542. The Morgan fingerprint density at radius 2 is 2.16 bits per heavy atom. The van der Waals surface area contributed by atoms with Crippen LogP contribution in [0.2, 0.25) is 5.02 Å². The number of fused-ring (bicyclic) bond motifs is 1. The number of aromatic nitrogens is 1. The molecule has 0 atom stereocenters. The van der Waals surface area contributed by atoms with Crippen LogP contribution < -0.4 is 10.6 Å². The van der Waals surface area contributed by atoms with E-state index in [1.54, 1.807) is 6.20 Å². The van der Waals surface area contributed by atoms with Crippen LogP contribution in [0, 0.1) is 5.92 Å². The third kappa shape index (κ3) is 3.55. The van der Waals surface area contributed by atoms with Crippen molar-refractivity contribution in [2.24, 2.45) is 5.92 Å². The Kier molecular flexibility index (Phi) is 4.56. The van der Waals surface area contributed by atoms with Crippen LogP contribution in [0.15, 0.2) is 30.5 Å². The average molecular weight is 294 g/mol. The fourth-order valence-corrected chi connectivity index (χ4v) is 2.11. The molecule has 0 aliphatic carbocycles. The minimum absolute atomic E-state index is 0.542. The van der Waals surface area contributed by atoms with Crippen molar-refractivity contribution in [3.05, 3.63) is 35.5 Å². The third-order valence-corrected chi connectivity index (χ3v) is 3.21. The molecule has 0 bridgehead atoms. The molecule has 19 heavy (non-hydrogen) atoms. The Morgan fingerprint density at radius 1 is 1.37 bits per heavy atom. The molecule has 2 N–H and O–H groups in total. The van der Waals surface area contributed by atoms with E-state index in [9.17, 15) is 0 Å². The second-order valence-corrected chi connectivity index (χ2v) is 5.54. The van der Waals surface area contributed by atoms with Gasteiger partial charge in [-0.3, -0.25) is 4.98 Å². The zero-order valence-corrected chi connectivity index (χ0v) is 12.5. The highest BCUT2D eigenvalue weighted by atomic mass is 35.5. The fourth-order valence-electron chi connectivity index (χ4n) is 1.70. The van der Waals surface area contributed by atoms with Crippen LogP contribution in [0.1, 0.15) is 13.8 Å². The van der Waals surface area contributed by atoms with Crippen LogP contribution in [-0.2, 0) is 0 Å². The molecule has 0 spiro atoms. The first-order valence-corrected chi connectivity index (χ1v) is 6.94. The molecule has 100 valence electrons. The molecule has 0 saturated heterocycles. The fraction of sp³-hybridized carbons (Fsp3) is 0.286. The molecule has 2 rings (SSSR count). The van der Waals surface area contributed by atoms with Gasteiger partial charge in [0.2, 0.25) is 0 Å². The quantitative estimate of drug-likeness (QED) is 0.843. The molecule has 0 radical (unpaired) electrons. The number of pyridine rings is 1. The van der Waals surface area contributed by atoms with E-state index in [0.29, 0.717) is 16.1 Å². The summed E-state index contributed by atoms with van der Waals surface area (Å²) in [7, 11) is 0. The molecular weight excluding hydrogens is 278 g/mol. The lowest BCUT2D eigenvalue weighted by Gasteiger charge is -2.13. The van der Waals surface area contributed by atoms with Crippen LogP contribution in [0.3, 0.4) is 0 Å². The van der Waals surface area contributed by atoms with Crippen LogP contribution in [0.25, 0.3) is 10.9 Å². The number of nitrogens with one attached hydrogen (secondary N) is 2. The van der Waals surface area contributed by atoms with Gasteiger partial charge in [0.05, 0.1) is 16.2 Å². The molecule has 3 nitrogen and oxygen atoms in total. The van der Waals surface area contributed by atoms with Crippen molar-refractivity contribution in [1.29, 1.82) is 0 Å². The minimum Gasteiger partial charge on any atom is -0.362 e. The van der Waals surface area contributed by atoms with E-state index in [0.717, 1.165) is 23.1 Å². The first-order valence-electron chi connectivity index (χ1n) is 6.16. The second-order valence-electron chi connectivity index (χ2n) is 4.72. The SMILES string of the molecule is CC(C)CNC(=S)Nc1ccc(Cl)c2cccnc12. The van der Waals surface area contributed by atoms with Crippen molar-refractivity contribution in [2.45, 2.75) is 13.8 Å². The first kappa shape index (κ1) is 14.0. The smallest absolute Gasteiger partial charge is 0.170 e. The summed E-state index contributed by atoms with van der Waals surface area (Å²) >= 11 is 11.4. The molecule has 0 saturated carbocycles. The maximum atomic E-state index is 6.15. The van der Waals surface area contributed by atoms with E-state index in [4.69, 9.17) is 23.8 Å². The summed E-state index contributed by atoms with van der Waals surface area (Å²) in [5.41, 5.74) is 1.69. The summed E-state index contributed by atoms with van der Waals surface area (Å²) in [6, 6.07) is 7.55. The van der Waals surface area contributed by atoms with Gasteiger partial charge in [-0.1, -0.05) is 25.4 Å². The third-order valence-electron chi connectivity index (χ3n) is 2.64. The van der Waals surface area contributed by atoms with Crippen molar-refractivity contribution in [3.63, 3.8) is 0 Å². The molecule has 2 aromatic rings. The molecular formula is C14H16ClN3S. The Labute approximate surface area is 123 Å². The zero-order chi connectivity index (χ0) is 13.8. The van der Waals surface area contributed by atoms with Crippen molar-refractivity contribution in [1.82, 2.24) is 10.3 Å². The van der Waals surface area contributed by atoms with E-state index in [1.807, 2.05) is 24.3 Å². The summed E-state index contributed by atoms with van der Waals surface area (Å²) < 4.78 is 0. The standard InChI is InChI=1S/C14H16ClN3S/c1-9(2)8-17-14(19)18-12-6-5-11(15)10-4-3-7-16-13(10)12/h3-7,9H,8H2,1-2H3,(H2,17,18,19). The van der Waals surface area contributed by atoms with Crippen LogP contribution >= 0.6 is 23.8 Å². The number of hydrogen-bond acceptors (Lipinski definition) is 2. The maximum absolute atomic E-state index is 6.15. The van der Waals surface area contributed by atoms with Gasteiger partial charge in [0.25, 0.3) is 0 Å². The van der Waals surface area contributed by atoms with Crippen molar-refractivity contribution < 1.29 is 0 Å². The Hall–Kier alpha value is -1.39. The average Bonchev–Trinajstić information content (AvgIpc) is 2.40. The molecule has 0 fully saturated rings. The number of nitrogens with zero attached hydrogens (tertiary/aromatic N) is 1. The second kappa shape index (κ2) is 6.17. The van der Waals surface area contributed by atoms with Gasteiger partial charge in [0, 0.05) is 18.1 Å². The molecule has 5 heteroatoms. The van der Waals surface area contributed by atoms with E-state index in [2.05, 4.69) is 29.5 Å². The topological polar surface area (TPSA) is 37.0 Å².